The van der Waals surface area contributed by atoms with Gasteiger partial charge in [0.2, 0.25) is 0 Å². The molecule has 0 unspecified atom stereocenters. The highest BCUT2D eigenvalue weighted by Crippen LogP contribution is 2.29. The maximum atomic E-state index is 13.6. The van der Waals surface area contributed by atoms with Gasteiger partial charge in [0.25, 0.3) is 0 Å². The van der Waals surface area contributed by atoms with E-state index in [9.17, 15) is 9.18 Å². The number of carbonyl (C=O) groups excluding carboxylic acids is 1. The van der Waals surface area contributed by atoms with E-state index in [0.29, 0.717) is 16.6 Å². The molecule has 2 rings (SSSR count). The molecule has 4 heteroatoms. The third kappa shape index (κ3) is 3.72. The van der Waals surface area contributed by atoms with Gasteiger partial charge in [-0.15, -0.1) is 0 Å². The van der Waals surface area contributed by atoms with Gasteiger partial charge in [0.1, 0.15) is 11.6 Å². The Morgan fingerprint density at radius 1 is 1.39 bits per heavy atom. The van der Waals surface area contributed by atoms with Crippen molar-refractivity contribution >= 4 is 29.1 Å². The molecule has 1 nitrogen and oxygen atoms in total. The lowest BCUT2D eigenvalue weighted by Crippen LogP contribution is -2.10. The molecule has 1 aliphatic carbocycles. The van der Waals surface area contributed by atoms with Crippen molar-refractivity contribution in [3.05, 3.63) is 34.6 Å². The molecule has 0 bridgehead atoms. The van der Waals surface area contributed by atoms with Gasteiger partial charge in [-0.1, -0.05) is 36.6 Å². The van der Waals surface area contributed by atoms with Gasteiger partial charge < -0.3 is 0 Å². The second-order valence-electron chi connectivity index (χ2n) is 4.65. The van der Waals surface area contributed by atoms with E-state index in [-0.39, 0.29) is 17.2 Å². The summed E-state index contributed by atoms with van der Waals surface area (Å²) in [6.07, 6.45) is 5.11. The summed E-state index contributed by atoms with van der Waals surface area (Å²) in [5, 5.41) is 0.710. The summed E-state index contributed by atoms with van der Waals surface area (Å²) in [5.41, 5.74) is 0.402. The summed E-state index contributed by atoms with van der Waals surface area (Å²) in [6, 6.07) is 4.80. The number of Topliss-reactive ketones (excluding diaryl/α,β-unsaturated/α-hetero) is 1. The zero-order chi connectivity index (χ0) is 13.0. The van der Waals surface area contributed by atoms with Crippen LogP contribution in [-0.4, -0.2) is 16.8 Å². The fraction of sp³-hybridized carbons (Fsp3) is 0.500. The number of benzene rings is 1. The monoisotopic (exact) mass is 286 g/mol. The Kier molecular flexibility index (Phi) is 5.07. The molecule has 1 aromatic rings. The molecule has 1 aromatic carbocycles. The first kappa shape index (κ1) is 13.9. The highest BCUT2D eigenvalue weighted by molar-refractivity contribution is 8.00. The van der Waals surface area contributed by atoms with Crippen LogP contribution in [0.15, 0.2) is 18.2 Å². The highest BCUT2D eigenvalue weighted by Gasteiger charge is 2.17. The van der Waals surface area contributed by atoms with Crippen molar-refractivity contribution < 1.29 is 9.18 Å². The van der Waals surface area contributed by atoms with Crippen LogP contribution in [-0.2, 0) is 11.2 Å². The molecule has 0 amide bonds. The van der Waals surface area contributed by atoms with Crippen molar-refractivity contribution in [2.24, 2.45) is 0 Å². The van der Waals surface area contributed by atoms with Gasteiger partial charge >= 0.3 is 0 Å². The normalized spacial score (nSPS) is 16.1. The SMILES string of the molecule is O=C(CSC1CCCC1)Cc1cccc(Cl)c1F. The highest BCUT2D eigenvalue weighted by atomic mass is 35.5. The molecule has 0 spiro atoms. The molecule has 0 N–H and O–H groups in total. The fourth-order valence-electron chi connectivity index (χ4n) is 2.21. The average Bonchev–Trinajstić information content (AvgIpc) is 2.86. The van der Waals surface area contributed by atoms with Gasteiger partial charge in [-0.25, -0.2) is 4.39 Å². The lowest BCUT2D eigenvalue weighted by Gasteiger charge is -2.08. The van der Waals surface area contributed by atoms with Crippen LogP contribution in [0.2, 0.25) is 5.02 Å². The molecule has 0 aliphatic heterocycles. The maximum Gasteiger partial charge on any atom is 0.147 e. The van der Waals surface area contributed by atoms with Crippen LogP contribution in [0.1, 0.15) is 31.2 Å². The molecule has 0 radical (unpaired) electrons. The van der Waals surface area contributed by atoms with E-state index in [1.165, 1.54) is 31.7 Å². The Morgan fingerprint density at radius 2 is 2.11 bits per heavy atom. The van der Waals surface area contributed by atoms with Gasteiger partial charge in [0.05, 0.1) is 10.8 Å². The van der Waals surface area contributed by atoms with Crippen molar-refractivity contribution in [1.82, 2.24) is 0 Å². The standard InChI is InChI=1S/C14H16ClFOS/c15-13-7-3-4-10(14(13)16)8-11(17)9-18-12-5-1-2-6-12/h3-4,7,12H,1-2,5-6,8-9H2. The second kappa shape index (κ2) is 6.58. The van der Waals surface area contributed by atoms with Crippen LogP contribution in [0.4, 0.5) is 4.39 Å². The quantitative estimate of drug-likeness (QED) is 0.804. The van der Waals surface area contributed by atoms with E-state index in [1.807, 2.05) is 0 Å². The molecule has 1 fully saturated rings. The molecule has 0 heterocycles. The van der Waals surface area contributed by atoms with Gasteiger partial charge in [0, 0.05) is 11.7 Å². The minimum absolute atomic E-state index is 0.0769. The fourth-order valence-corrected chi connectivity index (χ4v) is 3.60. The summed E-state index contributed by atoms with van der Waals surface area (Å²) >= 11 is 7.40. The Balaban J connectivity index is 1.84. The van der Waals surface area contributed by atoms with Crippen molar-refractivity contribution in [2.75, 3.05) is 5.75 Å². The average molecular weight is 287 g/mol. The first-order chi connectivity index (χ1) is 8.66. The van der Waals surface area contributed by atoms with Crippen molar-refractivity contribution in [1.29, 1.82) is 0 Å². The van der Waals surface area contributed by atoms with Crippen LogP contribution in [0.25, 0.3) is 0 Å². The van der Waals surface area contributed by atoms with Crippen molar-refractivity contribution in [2.45, 2.75) is 37.4 Å². The van der Waals surface area contributed by atoms with Gasteiger partial charge in [-0.05, 0) is 24.5 Å². The summed E-state index contributed by atoms with van der Waals surface area (Å²) in [6.45, 7) is 0. The van der Waals surface area contributed by atoms with Crippen LogP contribution in [0.5, 0.6) is 0 Å². The van der Waals surface area contributed by atoms with E-state index in [4.69, 9.17) is 11.6 Å². The topological polar surface area (TPSA) is 17.1 Å². The number of hydrogen-bond acceptors (Lipinski definition) is 2. The molecular weight excluding hydrogens is 271 g/mol. The summed E-state index contributed by atoms with van der Waals surface area (Å²) in [5.74, 6) is 0.0998. The largest absolute Gasteiger partial charge is 0.298 e. The molecule has 98 valence electrons. The molecule has 0 atom stereocenters. The zero-order valence-electron chi connectivity index (χ0n) is 10.1. The Hall–Kier alpha value is -0.540. The summed E-state index contributed by atoms with van der Waals surface area (Å²) in [4.78, 5) is 11.8. The number of rotatable bonds is 5. The van der Waals surface area contributed by atoms with Gasteiger partial charge in [-0.2, -0.15) is 11.8 Å². The van der Waals surface area contributed by atoms with Crippen molar-refractivity contribution in [3.8, 4) is 0 Å². The third-order valence-electron chi connectivity index (χ3n) is 3.20. The van der Waals surface area contributed by atoms with E-state index in [0.717, 1.165) is 0 Å². The first-order valence-electron chi connectivity index (χ1n) is 6.23. The zero-order valence-corrected chi connectivity index (χ0v) is 11.7. The van der Waals surface area contributed by atoms with Gasteiger partial charge in [-0.3, -0.25) is 4.79 Å². The van der Waals surface area contributed by atoms with E-state index < -0.39 is 5.82 Å². The van der Waals surface area contributed by atoms with Crippen LogP contribution in [0.3, 0.4) is 0 Å². The number of hydrogen-bond donors (Lipinski definition) is 0. The maximum absolute atomic E-state index is 13.6. The molecule has 0 saturated heterocycles. The molecule has 1 aliphatic rings. The number of carbonyl (C=O) groups is 1. The van der Waals surface area contributed by atoms with Crippen LogP contribution < -0.4 is 0 Å². The number of halogens is 2. The van der Waals surface area contributed by atoms with E-state index in [2.05, 4.69) is 0 Å². The van der Waals surface area contributed by atoms with Crippen molar-refractivity contribution in [3.63, 3.8) is 0 Å². The van der Waals surface area contributed by atoms with E-state index in [1.54, 1.807) is 23.9 Å². The second-order valence-corrected chi connectivity index (χ2v) is 6.34. The van der Waals surface area contributed by atoms with E-state index >= 15 is 0 Å². The lowest BCUT2D eigenvalue weighted by atomic mass is 10.1. The third-order valence-corrected chi connectivity index (χ3v) is 4.92. The summed E-state index contributed by atoms with van der Waals surface area (Å²) in [7, 11) is 0. The minimum Gasteiger partial charge on any atom is -0.298 e. The first-order valence-corrected chi connectivity index (χ1v) is 7.65. The number of thioether (sulfide) groups is 1. The molecule has 0 aromatic heterocycles. The lowest BCUT2D eigenvalue weighted by molar-refractivity contribution is -0.116. The van der Waals surface area contributed by atoms with Gasteiger partial charge in [0.15, 0.2) is 0 Å². The Bertz CT molecular complexity index is 430. The minimum atomic E-state index is -0.460. The Morgan fingerprint density at radius 3 is 2.83 bits per heavy atom. The smallest absolute Gasteiger partial charge is 0.147 e. The summed E-state index contributed by atoms with van der Waals surface area (Å²) < 4.78 is 13.6. The van der Waals surface area contributed by atoms with Crippen LogP contribution >= 0.6 is 23.4 Å². The predicted octanol–water partition coefficient (Wildman–Crippen LogP) is 4.27. The number of ketones is 1. The van der Waals surface area contributed by atoms with Crippen LogP contribution in [0, 0.1) is 5.82 Å². The molecule has 18 heavy (non-hydrogen) atoms. The molecule has 1 saturated carbocycles. The Labute approximate surface area is 116 Å². The predicted molar refractivity (Wildman–Crippen MR) is 74.8 cm³/mol. The molecular formula is C14H16ClFOS.